The third-order valence-electron chi connectivity index (χ3n) is 3.53. The van der Waals surface area contributed by atoms with Crippen LogP contribution in [-0.4, -0.2) is 12.3 Å². The maximum atomic E-state index is 10.9. The van der Waals surface area contributed by atoms with E-state index in [-0.39, 0.29) is 0 Å². The molecule has 0 aromatic heterocycles. The predicted octanol–water partition coefficient (Wildman–Crippen LogP) is 4.22. The molecule has 2 aromatic rings. The lowest BCUT2D eigenvalue weighted by atomic mass is 10.1. The van der Waals surface area contributed by atoms with Gasteiger partial charge < -0.3 is 4.90 Å². The van der Waals surface area contributed by atoms with Gasteiger partial charge in [-0.15, -0.1) is 0 Å². The highest BCUT2D eigenvalue weighted by Gasteiger charge is 2.12. The second-order valence-electron chi connectivity index (χ2n) is 5.37. The Morgan fingerprint density at radius 2 is 1.80 bits per heavy atom. The summed E-state index contributed by atoms with van der Waals surface area (Å²) in [6, 6.07) is 16.9. The Bertz CT molecular complexity index is 575. The third kappa shape index (κ3) is 3.27. The van der Waals surface area contributed by atoms with Crippen molar-refractivity contribution in [3.8, 4) is 0 Å². The van der Waals surface area contributed by atoms with Crippen LogP contribution in [0.4, 0.5) is 5.69 Å². The van der Waals surface area contributed by atoms with Gasteiger partial charge in [-0.05, 0) is 50.1 Å². The van der Waals surface area contributed by atoms with E-state index in [1.54, 1.807) is 0 Å². The molecule has 2 heteroatoms. The number of carbonyl (C=O) groups excluding carboxylic acids is 1. The zero-order valence-corrected chi connectivity index (χ0v) is 12.3. The summed E-state index contributed by atoms with van der Waals surface area (Å²) in [7, 11) is 0. The number of hydrogen-bond donors (Lipinski definition) is 0. The fraction of sp³-hybridized carbons (Fsp3) is 0.278. The lowest BCUT2D eigenvalue weighted by Crippen LogP contribution is -2.30. The van der Waals surface area contributed by atoms with Gasteiger partial charge in [0.2, 0.25) is 0 Å². The molecule has 0 aliphatic carbocycles. The average molecular weight is 267 g/mol. The van der Waals surface area contributed by atoms with Crippen molar-refractivity contribution in [2.75, 3.05) is 4.90 Å². The number of nitrogens with zero attached hydrogens (tertiary/aromatic N) is 1. The van der Waals surface area contributed by atoms with Gasteiger partial charge in [-0.3, -0.25) is 4.79 Å². The fourth-order valence-electron chi connectivity index (χ4n) is 2.32. The Morgan fingerprint density at radius 3 is 2.35 bits per heavy atom. The molecule has 0 amide bonds. The van der Waals surface area contributed by atoms with Gasteiger partial charge in [0.05, 0.1) is 0 Å². The molecule has 0 bridgehead atoms. The first-order chi connectivity index (χ1) is 9.61. The van der Waals surface area contributed by atoms with E-state index >= 15 is 0 Å². The number of rotatable bonds is 5. The van der Waals surface area contributed by atoms with Crippen LogP contribution in [0.1, 0.15) is 35.3 Å². The van der Waals surface area contributed by atoms with Gasteiger partial charge in [-0.25, -0.2) is 0 Å². The largest absolute Gasteiger partial charge is 0.365 e. The molecule has 0 saturated heterocycles. The van der Waals surface area contributed by atoms with E-state index in [9.17, 15) is 4.79 Å². The molecule has 2 nitrogen and oxygen atoms in total. The first kappa shape index (κ1) is 14.3. The van der Waals surface area contributed by atoms with Crippen LogP contribution in [0.2, 0.25) is 0 Å². The molecular formula is C18H21NO. The summed E-state index contributed by atoms with van der Waals surface area (Å²) in [5.41, 5.74) is 4.23. The van der Waals surface area contributed by atoms with E-state index < -0.39 is 0 Å². The Labute approximate surface area is 121 Å². The van der Waals surface area contributed by atoms with Crippen molar-refractivity contribution in [3.05, 3.63) is 65.2 Å². The van der Waals surface area contributed by atoms with E-state index in [1.165, 1.54) is 5.56 Å². The number of aldehydes is 1. The van der Waals surface area contributed by atoms with Gasteiger partial charge in [0.15, 0.2) is 0 Å². The maximum absolute atomic E-state index is 10.9. The second-order valence-corrected chi connectivity index (χ2v) is 5.37. The Hall–Kier alpha value is -2.09. The summed E-state index contributed by atoms with van der Waals surface area (Å²) in [5.74, 6) is 0. The highest BCUT2D eigenvalue weighted by Crippen LogP contribution is 2.22. The normalized spacial score (nSPS) is 10.6. The molecule has 0 fully saturated rings. The zero-order chi connectivity index (χ0) is 14.5. The van der Waals surface area contributed by atoms with E-state index in [4.69, 9.17) is 0 Å². The van der Waals surface area contributed by atoms with Crippen molar-refractivity contribution < 1.29 is 4.79 Å². The van der Waals surface area contributed by atoms with E-state index in [1.807, 2.05) is 25.1 Å². The second kappa shape index (κ2) is 6.38. The van der Waals surface area contributed by atoms with Crippen LogP contribution in [0.15, 0.2) is 48.5 Å². The van der Waals surface area contributed by atoms with Gasteiger partial charge in [-0.1, -0.05) is 30.3 Å². The molecule has 2 rings (SSSR count). The maximum Gasteiger partial charge on any atom is 0.150 e. The van der Waals surface area contributed by atoms with Crippen molar-refractivity contribution in [2.24, 2.45) is 0 Å². The SMILES string of the molecule is Cc1cc(N(Cc2ccccc2)C(C)C)ccc1C=O. The van der Waals surface area contributed by atoms with Crippen LogP contribution in [0, 0.1) is 6.92 Å². The van der Waals surface area contributed by atoms with Gasteiger partial charge >= 0.3 is 0 Å². The van der Waals surface area contributed by atoms with E-state index in [2.05, 4.69) is 49.1 Å². The molecule has 0 heterocycles. The summed E-state index contributed by atoms with van der Waals surface area (Å²) in [6.07, 6.45) is 0.913. The highest BCUT2D eigenvalue weighted by atomic mass is 16.1. The topological polar surface area (TPSA) is 20.3 Å². The molecule has 2 aromatic carbocycles. The quantitative estimate of drug-likeness (QED) is 0.756. The van der Waals surface area contributed by atoms with Crippen LogP contribution >= 0.6 is 0 Å². The van der Waals surface area contributed by atoms with Crippen molar-refractivity contribution in [3.63, 3.8) is 0 Å². The molecule has 0 N–H and O–H groups in total. The fourth-order valence-corrected chi connectivity index (χ4v) is 2.32. The Balaban J connectivity index is 2.29. The Morgan fingerprint density at radius 1 is 1.10 bits per heavy atom. The van der Waals surface area contributed by atoms with Gasteiger partial charge in [-0.2, -0.15) is 0 Å². The molecule has 0 aliphatic heterocycles. The van der Waals surface area contributed by atoms with Gasteiger partial charge in [0.25, 0.3) is 0 Å². The van der Waals surface area contributed by atoms with Crippen molar-refractivity contribution in [1.82, 2.24) is 0 Å². The minimum Gasteiger partial charge on any atom is -0.365 e. The summed E-state index contributed by atoms with van der Waals surface area (Å²) in [4.78, 5) is 13.3. The van der Waals surface area contributed by atoms with Gasteiger partial charge in [0.1, 0.15) is 6.29 Å². The molecule has 104 valence electrons. The standard InChI is InChI=1S/C18H21NO/c1-14(2)19(12-16-7-5-4-6-8-16)18-10-9-17(13-20)15(3)11-18/h4-11,13-14H,12H2,1-3H3. The summed E-state index contributed by atoms with van der Waals surface area (Å²) >= 11 is 0. The molecule has 0 unspecified atom stereocenters. The molecule has 20 heavy (non-hydrogen) atoms. The molecule has 0 aliphatic rings. The van der Waals surface area contributed by atoms with E-state index in [0.717, 1.165) is 29.6 Å². The molecule has 0 atom stereocenters. The first-order valence-corrected chi connectivity index (χ1v) is 6.98. The number of aryl methyl sites for hydroxylation is 1. The first-order valence-electron chi connectivity index (χ1n) is 6.98. The van der Waals surface area contributed by atoms with Gasteiger partial charge in [0, 0.05) is 23.8 Å². The average Bonchev–Trinajstić information content (AvgIpc) is 2.45. The molecule has 0 radical (unpaired) electrons. The van der Waals surface area contributed by atoms with Crippen LogP contribution in [0.25, 0.3) is 0 Å². The number of benzene rings is 2. The Kier molecular flexibility index (Phi) is 4.57. The number of hydrogen-bond acceptors (Lipinski definition) is 2. The lowest BCUT2D eigenvalue weighted by molar-refractivity contribution is 0.112. The number of carbonyl (C=O) groups is 1. The summed E-state index contributed by atoms with van der Waals surface area (Å²) < 4.78 is 0. The highest BCUT2D eigenvalue weighted by molar-refractivity contribution is 5.78. The minimum absolute atomic E-state index is 0.400. The number of anilines is 1. The molecular weight excluding hydrogens is 246 g/mol. The van der Waals surface area contributed by atoms with Crippen molar-refractivity contribution >= 4 is 12.0 Å². The van der Waals surface area contributed by atoms with Crippen LogP contribution in [0.3, 0.4) is 0 Å². The van der Waals surface area contributed by atoms with E-state index in [0.29, 0.717) is 6.04 Å². The minimum atomic E-state index is 0.400. The third-order valence-corrected chi connectivity index (χ3v) is 3.53. The van der Waals surface area contributed by atoms with Crippen LogP contribution in [-0.2, 0) is 6.54 Å². The smallest absolute Gasteiger partial charge is 0.150 e. The zero-order valence-electron chi connectivity index (χ0n) is 12.3. The molecule has 0 spiro atoms. The monoisotopic (exact) mass is 267 g/mol. The van der Waals surface area contributed by atoms with Crippen molar-refractivity contribution in [2.45, 2.75) is 33.4 Å². The van der Waals surface area contributed by atoms with Crippen molar-refractivity contribution in [1.29, 1.82) is 0 Å². The lowest BCUT2D eigenvalue weighted by Gasteiger charge is -2.29. The van der Waals surface area contributed by atoms with Crippen LogP contribution in [0.5, 0.6) is 0 Å². The summed E-state index contributed by atoms with van der Waals surface area (Å²) in [6.45, 7) is 7.23. The summed E-state index contributed by atoms with van der Waals surface area (Å²) in [5, 5.41) is 0. The van der Waals surface area contributed by atoms with Crippen LogP contribution < -0.4 is 4.90 Å². The molecule has 0 saturated carbocycles. The predicted molar refractivity (Wildman–Crippen MR) is 84.3 cm³/mol.